The van der Waals surface area contributed by atoms with Gasteiger partial charge in [0.15, 0.2) is 0 Å². The molecule has 1 aliphatic carbocycles. The van der Waals surface area contributed by atoms with E-state index in [9.17, 15) is 4.79 Å². The Balaban J connectivity index is 2.55. The maximum atomic E-state index is 12.3. The van der Waals surface area contributed by atoms with Crippen LogP contribution in [0.3, 0.4) is 0 Å². The number of methoxy groups -OCH3 is 1. The molecule has 0 heterocycles. The molecule has 1 rings (SSSR count). The number of ether oxygens (including phenoxy) is 3. The summed E-state index contributed by atoms with van der Waals surface area (Å²) in [6.45, 7) is 11.4. The highest BCUT2D eigenvalue weighted by Gasteiger charge is 2.52. The summed E-state index contributed by atoms with van der Waals surface area (Å²) in [7, 11) is 1.43. The lowest BCUT2D eigenvalue weighted by Crippen LogP contribution is -2.60. The Kier molecular flexibility index (Phi) is 6.63. The van der Waals surface area contributed by atoms with Crippen molar-refractivity contribution in [2.45, 2.75) is 64.6 Å². The van der Waals surface area contributed by atoms with Gasteiger partial charge in [0.25, 0.3) is 0 Å². The van der Waals surface area contributed by atoms with Gasteiger partial charge in [-0.05, 0) is 53.4 Å². The third kappa shape index (κ3) is 5.93. The van der Waals surface area contributed by atoms with E-state index in [1.54, 1.807) is 0 Å². The van der Waals surface area contributed by atoms with Crippen LogP contribution < -0.4 is 5.32 Å². The fourth-order valence-corrected chi connectivity index (χ4v) is 2.48. The highest BCUT2D eigenvalue weighted by atomic mass is 16.5. The number of hydrogen-bond acceptors (Lipinski definition) is 5. The number of carbonyl (C=O) groups excluding carboxylic acids is 1. The predicted octanol–water partition coefficient (Wildman–Crippen LogP) is 2.14. The van der Waals surface area contributed by atoms with Crippen molar-refractivity contribution >= 4 is 5.97 Å². The van der Waals surface area contributed by atoms with Gasteiger partial charge in [0.1, 0.15) is 5.54 Å². The molecule has 5 heteroatoms. The van der Waals surface area contributed by atoms with E-state index in [4.69, 9.17) is 14.2 Å². The maximum absolute atomic E-state index is 12.3. The molecular formula is C16H31NO4. The molecule has 5 nitrogen and oxygen atoms in total. The number of carbonyl (C=O) groups is 1. The van der Waals surface area contributed by atoms with Crippen LogP contribution in [0, 0.1) is 5.92 Å². The van der Waals surface area contributed by atoms with Crippen molar-refractivity contribution < 1.29 is 19.0 Å². The Hall–Kier alpha value is -0.650. The van der Waals surface area contributed by atoms with Crippen LogP contribution in [0.5, 0.6) is 0 Å². The minimum atomic E-state index is -0.718. The lowest BCUT2D eigenvalue weighted by atomic mass is 9.93. The van der Waals surface area contributed by atoms with Gasteiger partial charge in [-0.25, -0.2) is 4.79 Å². The predicted molar refractivity (Wildman–Crippen MR) is 82.3 cm³/mol. The molecule has 0 bridgehead atoms. The van der Waals surface area contributed by atoms with Crippen molar-refractivity contribution in [3.8, 4) is 0 Å². The topological polar surface area (TPSA) is 56.8 Å². The minimum absolute atomic E-state index is 0.171. The zero-order valence-electron chi connectivity index (χ0n) is 14.3. The number of esters is 1. The summed E-state index contributed by atoms with van der Waals surface area (Å²) >= 11 is 0. The molecule has 1 atom stereocenters. The highest BCUT2D eigenvalue weighted by Crippen LogP contribution is 2.41. The van der Waals surface area contributed by atoms with Gasteiger partial charge < -0.3 is 14.2 Å². The first-order valence-corrected chi connectivity index (χ1v) is 7.79. The molecule has 0 amide bonds. The summed E-state index contributed by atoms with van der Waals surface area (Å²) in [6.07, 6.45) is 2.08. The van der Waals surface area contributed by atoms with Crippen LogP contribution in [0.2, 0.25) is 0 Å². The second-order valence-corrected chi connectivity index (χ2v) is 7.05. The molecule has 1 unspecified atom stereocenters. The maximum Gasteiger partial charge on any atom is 0.328 e. The SMILES string of the molecule is COC(=O)C(COCCOC(C)(C)C)(NC(C)C)C1CC1. The Morgan fingerprint density at radius 3 is 2.29 bits per heavy atom. The second-order valence-electron chi connectivity index (χ2n) is 7.05. The average Bonchev–Trinajstić information content (AvgIpc) is 3.18. The number of rotatable bonds is 9. The smallest absolute Gasteiger partial charge is 0.328 e. The Morgan fingerprint density at radius 2 is 1.86 bits per heavy atom. The van der Waals surface area contributed by atoms with E-state index in [0.717, 1.165) is 12.8 Å². The molecular weight excluding hydrogens is 270 g/mol. The van der Waals surface area contributed by atoms with Crippen LogP contribution >= 0.6 is 0 Å². The van der Waals surface area contributed by atoms with Gasteiger partial charge in [0.05, 0.1) is 32.5 Å². The number of nitrogens with one attached hydrogen (secondary N) is 1. The fourth-order valence-electron chi connectivity index (χ4n) is 2.48. The van der Waals surface area contributed by atoms with E-state index in [1.807, 2.05) is 34.6 Å². The van der Waals surface area contributed by atoms with Crippen molar-refractivity contribution in [1.29, 1.82) is 0 Å². The second kappa shape index (κ2) is 7.56. The van der Waals surface area contributed by atoms with Crippen LogP contribution in [-0.4, -0.2) is 50.1 Å². The molecule has 0 spiro atoms. The minimum Gasteiger partial charge on any atom is -0.468 e. The van der Waals surface area contributed by atoms with Crippen LogP contribution in [0.25, 0.3) is 0 Å². The molecule has 0 aliphatic heterocycles. The third-order valence-electron chi connectivity index (χ3n) is 3.46. The van der Waals surface area contributed by atoms with E-state index < -0.39 is 5.54 Å². The fraction of sp³-hybridized carbons (Fsp3) is 0.938. The van der Waals surface area contributed by atoms with E-state index in [2.05, 4.69) is 5.32 Å². The molecule has 1 saturated carbocycles. The van der Waals surface area contributed by atoms with E-state index in [0.29, 0.717) is 25.7 Å². The van der Waals surface area contributed by atoms with Gasteiger partial charge in [-0.3, -0.25) is 5.32 Å². The summed E-state index contributed by atoms with van der Waals surface area (Å²) in [5.41, 5.74) is -0.889. The lowest BCUT2D eigenvalue weighted by molar-refractivity contribution is -0.154. The monoisotopic (exact) mass is 301 g/mol. The summed E-state index contributed by atoms with van der Waals surface area (Å²) in [6, 6.07) is 0.194. The molecule has 124 valence electrons. The summed E-state index contributed by atoms with van der Waals surface area (Å²) in [5, 5.41) is 3.37. The van der Waals surface area contributed by atoms with Crippen LogP contribution in [0.4, 0.5) is 0 Å². The molecule has 0 radical (unpaired) electrons. The molecule has 0 aromatic rings. The first kappa shape index (κ1) is 18.4. The molecule has 1 aliphatic rings. The zero-order chi connectivity index (χ0) is 16.1. The molecule has 0 aromatic heterocycles. The lowest BCUT2D eigenvalue weighted by Gasteiger charge is -2.34. The number of hydrogen-bond donors (Lipinski definition) is 1. The van der Waals surface area contributed by atoms with Gasteiger partial charge >= 0.3 is 5.97 Å². The average molecular weight is 301 g/mol. The zero-order valence-corrected chi connectivity index (χ0v) is 14.3. The van der Waals surface area contributed by atoms with Crippen LogP contribution in [-0.2, 0) is 19.0 Å². The first-order valence-electron chi connectivity index (χ1n) is 7.79. The molecule has 21 heavy (non-hydrogen) atoms. The van der Waals surface area contributed by atoms with E-state index in [-0.39, 0.29) is 17.6 Å². The van der Waals surface area contributed by atoms with E-state index in [1.165, 1.54) is 7.11 Å². The van der Waals surface area contributed by atoms with Gasteiger partial charge in [-0.15, -0.1) is 0 Å². The summed E-state index contributed by atoms with van der Waals surface area (Å²) < 4.78 is 16.4. The Bertz CT molecular complexity index is 334. The van der Waals surface area contributed by atoms with Gasteiger partial charge in [0.2, 0.25) is 0 Å². The molecule has 0 saturated heterocycles. The summed E-state index contributed by atoms with van der Waals surface area (Å²) in [5.74, 6) is 0.0753. The van der Waals surface area contributed by atoms with Crippen LogP contribution in [0.1, 0.15) is 47.5 Å². The summed E-state index contributed by atoms with van der Waals surface area (Å²) in [4.78, 5) is 12.3. The quantitative estimate of drug-likeness (QED) is 0.522. The highest BCUT2D eigenvalue weighted by molar-refractivity contribution is 5.82. The van der Waals surface area contributed by atoms with Gasteiger partial charge in [0, 0.05) is 6.04 Å². The molecule has 0 aromatic carbocycles. The normalized spacial score (nSPS) is 18.6. The van der Waals surface area contributed by atoms with Crippen molar-refractivity contribution in [3.05, 3.63) is 0 Å². The van der Waals surface area contributed by atoms with Crippen molar-refractivity contribution in [3.63, 3.8) is 0 Å². The van der Waals surface area contributed by atoms with Gasteiger partial charge in [-0.2, -0.15) is 0 Å². The largest absolute Gasteiger partial charge is 0.468 e. The van der Waals surface area contributed by atoms with Gasteiger partial charge in [-0.1, -0.05) is 0 Å². The third-order valence-corrected chi connectivity index (χ3v) is 3.46. The Morgan fingerprint density at radius 1 is 1.24 bits per heavy atom. The standard InChI is InChI=1S/C16H31NO4/c1-12(2)17-16(13-7-8-13,14(18)19-6)11-20-9-10-21-15(3,4)5/h12-13,17H,7-11H2,1-6H3. The van der Waals surface area contributed by atoms with Crippen molar-refractivity contribution in [2.75, 3.05) is 26.9 Å². The van der Waals surface area contributed by atoms with Crippen molar-refractivity contribution in [2.24, 2.45) is 5.92 Å². The van der Waals surface area contributed by atoms with E-state index >= 15 is 0 Å². The van der Waals surface area contributed by atoms with Crippen molar-refractivity contribution in [1.82, 2.24) is 5.32 Å². The molecule has 1 fully saturated rings. The Labute approximate surface area is 128 Å². The van der Waals surface area contributed by atoms with Crippen LogP contribution in [0.15, 0.2) is 0 Å². The first-order chi connectivity index (χ1) is 9.71. The molecule has 1 N–H and O–H groups in total.